The number of ether oxygens (including phenoxy) is 2. The number of guanidine groups is 1. The van der Waals surface area contributed by atoms with E-state index in [9.17, 15) is 4.79 Å². The Labute approximate surface area is 204 Å². The number of piperidine rings is 1. The molecule has 4 fully saturated rings. The zero-order chi connectivity index (χ0) is 21.0. The Kier molecular flexibility index (Phi) is 9.28. The van der Waals surface area contributed by atoms with E-state index in [2.05, 4.69) is 24.1 Å². The number of halogens is 1. The molecule has 0 aromatic rings. The first kappa shape index (κ1) is 25.0. The summed E-state index contributed by atoms with van der Waals surface area (Å²) in [7, 11) is 0. The Morgan fingerprint density at radius 2 is 1.77 bits per heavy atom. The third kappa shape index (κ3) is 5.32. The van der Waals surface area contributed by atoms with Crippen molar-refractivity contribution in [3.63, 3.8) is 0 Å². The molecule has 0 bridgehead atoms. The van der Waals surface area contributed by atoms with Gasteiger partial charge in [0.15, 0.2) is 5.96 Å². The predicted molar refractivity (Wildman–Crippen MR) is 133 cm³/mol. The predicted octanol–water partition coefficient (Wildman–Crippen LogP) is 2.88. The molecule has 0 aromatic carbocycles. The van der Waals surface area contributed by atoms with Gasteiger partial charge in [-0.2, -0.15) is 0 Å². The van der Waals surface area contributed by atoms with Gasteiger partial charge < -0.3 is 24.6 Å². The molecule has 178 valence electrons. The Balaban J connectivity index is 0.00000272. The topological polar surface area (TPSA) is 66.4 Å². The van der Waals surface area contributed by atoms with E-state index in [0.717, 1.165) is 64.6 Å². The van der Waals surface area contributed by atoms with E-state index < -0.39 is 0 Å². The average molecular weight is 549 g/mol. The summed E-state index contributed by atoms with van der Waals surface area (Å²) in [6, 6.07) is 0.467. The summed E-state index contributed by atoms with van der Waals surface area (Å²) in [6.45, 7) is 10.4. The van der Waals surface area contributed by atoms with Gasteiger partial charge in [-0.05, 0) is 46.0 Å². The number of morpholine rings is 1. The molecule has 31 heavy (non-hydrogen) atoms. The van der Waals surface area contributed by atoms with Gasteiger partial charge in [0, 0.05) is 56.7 Å². The van der Waals surface area contributed by atoms with Gasteiger partial charge in [0.25, 0.3) is 0 Å². The zero-order valence-corrected chi connectivity index (χ0v) is 21.6. The summed E-state index contributed by atoms with van der Waals surface area (Å²) in [5.74, 6) is 1.51. The van der Waals surface area contributed by atoms with Gasteiger partial charge in [-0.1, -0.05) is 12.8 Å². The Bertz CT molecular complexity index is 612. The standard InChI is InChI=1S/C23H40N4O3.HI/c1-3-24-22(25-19-17-20(30-4-2)23(19)9-5-6-10-23)27-11-7-18(8-12-27)21(28)26-13-15-29-16-14-26;/h18-20H,3-17H2,1-2H3,(H,24,25);1H. The van der Waals surface area contributed by atoms with Gasteiger partial charge in [0.1, 0.15) is 0 Å². The summed E-state index contributed by atoms with van der Waals surface area (Å²) in [5, 5.41) is 3.84. The molecule has 2 aliphatic heterocycles. The second-order valence-corrected chi connectivity index (χ2v) is 9.31. The number of nitrogens with zero attached hydrogens (tertiary/aromatic N) is 3. The van der Waals surface area contributed by atoms with Crippen LogP contribution in [0.2, 0.25) is 0 Å². The molecule has 0 aromatic heterocycles. The van der Waals surface area contributed by atoms with Crippen LogP contribution < -0.4 is 5.32 Å². The molecular weight excluding hydrogens is 507 g/mol. The molecule has 4 aliphatic rings. The summed E-state index contributed by atoms with van der Waals surface area (Å²) >= 11 is 0. The Hall–Kier alpha value is -0.610. The zero-order valence-electron chi connectivity index (χ0n) is 19.3. The van der Waals surface area contributed by atoms with E-state index in [1.54, 1.807) is 0 Å². The fourth-order valence-electron chi connectivity index (χ4n) is 6.01. The molecular formula is C23H41IN4O3. The van der Waals surface area contributed by atoms with Crippen LogP contribution in [0, 0.1) is 11.3 Å². The van der Waals surface area contributed by atoms with Crippen LogP contribution in [0.3, 0.4) is 0 Å². The lowest BCUT2D eigenvalue weighted by Gasteiger charge is -2.55. The first-order valence-electron chi connectivity index (χ1n) is 12.2. The Morgan fingerprint density at radius 3 is 2.39 bits per heavy atom. The van der Waals surface area contributed by atoms with Crippen molar-refractivity contribution in [2.24, 2.45) is 16.3 Å². The molecule has 1 N–H and O–H groups in total. The van der Waals surface area contributed by atoms with Crippen LogP contribution in [0.1, 0.15) is 58.8 Å². The van der Waals surface area contributed by atoms with Gasteiger partial charge in [0.2, 0.25) is 5.91 Å². The number of carbonyl (C=O) groups is 1. The van der Waals surface area contributed by atoms with Gasteiger partial charge in [-0.25, -0.2) is 0 Å². The molecule has 4 rings (SSSR count). The highest BCUT2D eigenvalue weighted by molar-refractivity contribution is 14.0. The fraction of sp³-hybridized carbons (Fsp3) is 0.913. The number of hydrogen-bond donors (Lipinski definition) is 1. The maximum Gasteiger partial charge on any atom is 0.225 e. The van der Waals surface area contributed by atoms with Crippen LogP contribution in [0.4, 0.5) is 0 Å². The van der Waals surface area contributed by atoms with Gasteiger partial charge >= 0.3 is 0 Å². The first-order chi connectivity index (χ1) is 14.7. The lowest BCUT2D eigenvalue weighted by atomic mass is 9.60. The van der Waals surface area contributed by atoms with Crippen LogP contribution in [0.5, 0.6) is 0 Å². The number of likely N-dealkylation sites (tertiary alicyclic amines) is 1. The maximum atomic E-state index is 12.8. The monoisotopic (exact) mass is 548 g/mol. The summed E-state index contributed by atoms with van der Waals surface area (Å²) in [5.41, 5.74) is 0.301. The van der Waals surface area contributed by atoms with E-state index in [4.69, 9.17) is 14.5 Å². The van der Waals surface area contributed by atoms with Crippen LogP contribution in [0.15, 0.2) is 4.99 Å². The molecule has 2 unspecified atom stereocenters. The molecule has 2 heterocycles. The second kappa shape index (κ2) is 11.5. The SMILES string of the molecule is CCN=C(NC1CC(OCC)C12CCCC2)N1CCC(C(=O)N2CCOCC2)CC1.I. The Morgan fingerprint density at radius 1 is 1.10 bits per heavy atom. The lowest BCUT2D eigenvalue weighted by Crippen LogP contribution is -2.65. The largest absolute Gasteiger partial charge is 0.378 e. The van der Waals surface area contributed by atoms with Crippen molar-refractivity contribution in [2.75, 3.05) is 52.5 Å². The van der Waals surface area contributed by atoms with Crippen LogP contribution in [-0.4, -0.2) is 86.4 Å². The summed E-state index contributed by atoms with van der Waals surface area (Å²) in [6.07, 6.45) is 8.49. The van der Waals surface area contributed by atoms with Crippen molar-refractivity contribution in [3.05, 3.63) is 0 Å². The molecule has 2 saturated carbocycles. The van der Waals surface area contributed by atoms with Crippen LogP contribution in [-0.2, 0) is 14.3 Å². The molecule has 1 spiro atoms. The summed E-state index contributed by atoms with van der Waals surface area (Å²) in [4.78, 5) is 22.1. The minimum absolute atomic E-state index is 0. The highest BCUT2D eigenvalue weighted by Crippen LogP contribution is 2.54. The molecule has 2 aliphatic carbocycles. The van der Waals surface area contributed by atoms with Crippen molar-refractivity contribution in [1.29, 1.82) is 0 Å². The van der Waals surface area contributed by atoms with E-state index in [1.807, 2.05) is 4.90 Å². The quantitative estimate of drug-likeness (QED) is 0.325. The minimum Gasteiger partial charge on any atom is -0.378 e. The minimum atomic E-state index is 0. The van der Waals surface area contributed by atoms with Gasteiger partial charge in [-0.3, -0.25) is 9.79 Å². The number of carbonyl (C=O) groups excluding carboxylic acids is 1. The van der Waals surface area contributed by atoms with Crippen molar-refractivity contribution in [3.8, 4) is 0 Å². The normalized spacial score (nSPS) is 28.9. The van der Waals surface area contributed by atoms with E-state index in [-0.39, 0.29) is 29.9 Å². The molecule has 2 atom stereocenters. The van der Waals surface area contributed by atoms with Crippen LogP contribution >= 0.6 is 24.0 Å². The number of rotatable bonds is 5. The van der Waals surface area contributed by atoms with Crippen LogP contribution in [0.25, 0.3) is 0 Å². The molecule has 2 saturated heterocycles. The number of amides is 1. The maximum absolute atomic E-state index is 12.8. The van der Waals surface area contributed by atoms with Crippen molar-refractivity contribution in [1.82, 2.24) is 15.1 Å². The molecule has 1 amide bonds. The van der Waals surface area contributed by atoms with Gasteiger partial charge in [0.05, 0.1) is 19.3 Å². The third-order valence-corrected chi connectivity index (χ3v) is 7.77. The smallest absolute Gasteiger partial charge is 0.225 e. The second-order valence-electron chi connectivity index (χ2n) is 9.31. The molecule has 7 nitrogen and oxygen atoms in total. The van der Waals surface area contributed by atoms with Crippen molar-refractivity contribution >= 4 is 35.8 Å². The van der Waals surface area contributed by atoms with Gasteiger partial charge in [-0.15, -0.1) is 24.0 Å². The van der Waals surface area contributed by atoms with E-state index in [1.165, 1.54) is 25.7 Å². The first-order valence-corrected chi connectivity index (χ1v) is 12.2. The highest BCUT2D eigenvalue weighted by atomic mass is 127. The van der Waals surface area contributed by atoms with Crippen molar-refractivity contribution in [2.45, 2.75) is 70.9 Å². The number of hydrogen-bond acceptors (Lipinski definition) is 4. The summed E-state index contributed by atoms with van der Waals surface area (Å²) < 4.78 is 11.5. The third-order valence-electron chi connectivity index (χ3n) is 7.77. The lowest BCUT2D eigenvalue weighted by molar-refractivity contribution is -0.141. The molecule has 0 radical (unpaired) electrons. The van der Waals surface area contributed by atoms with Crippen molar-refractivity contribution < 1.29 is 14.3 Å². The number of nitrogens with one attached hydrogen (secondary N) is 1. The highest BCUT2D eigenvalue weighted by Gasteiger charge is 2.57. The fourth-order valence-corrected chi connectivity index (χ4v) is 6.01. The number of aliphatic imine (C=N–C) groups is 1. The molecule has 8 heteroatoms. The van der Waals surface area contributed by atoms with E-state index >= 15 is 0 Å². The van der Waals surface area contributed by atoms with E-state index in [0.29, 0.717) is 36.7 Å². The average Bonchev–Trinajstić information content (AvgIpc) is 3.31.